The van der Waals surface area contributed by atoms with Crippen LogP contribution in [0.25, 0.3) is 0 Å². The van der Waals surface area contributed by atoms with Gasteiger partial charge in [-0.05, 0) is 62.9 Å². The van der Waals surface area contributed by atoms with Gasteiger partial charge in [-0.3, -0.25) is 0 Å². The Morgan fingerprint density at radius 2 is 2.22 bits per heavy atom. The van der Waals surface area contributed by atoms with Crippen molar-refractivity contribution >= 4 is 45.7 Å². The third kappa shape index (κ3) is 6.80. The molecule has 0 spiro atoms. The molecule has 27 heavy (non-hydrogen) atoms. The molecule has 9 heteroatoms. The Balaban J connectivity index is 1.35. The van der Waals surface area contributed by atoms with Crippen molar-refractivity contribution in [3.05, 3.63) is 34.5 Å². The van der Waals surface area contributed by atoms with Crippen molar-refractivity contribution < 1.29 is 4.39 Å². The normalized spacial score (nSPS) is 16.6. The highest BCUT2D eigenvalue weighted by Crippen LogP contribution is 2.32. The molecule has 0 saturated carbocycles. The van der Waals surface area contributed by atoms with E-state index in [1.165, 1.54) is 42.2 Å². The van der Waals surface area contributed by atoms with Crippen molar-refractivity contribution in [3.63, 3.8) is 0 Å². The van der Waals surface area contributed by atoms with E-state index in [0.717, 1.165) is 44.2 Å². The lowest BCUT2D eigenvalue weighted by Gasteiger charge is -2.12. The van der Waals surface area contributed by atoms with E-state index in [0.29, 0.717) is 21.6 Å². The van der Waals surface area contributed by atoms with Crippen LogP contribution in [0.3, 0.4) is 0 Å². The molecule has 1 aromatic carbocycles. The minimum atomic E-state index is -0.304. The van der Waals surface area contributed by atoms with Gasteiger partial charge in [0.1, 0.15) is 5.82 Å². The van der Waals surface area contributed by atoms with Gasteiger partial charge in [0.2, 0.25) is 0 Å². The summed E-state index contributed by atoms with van der Waals surface area (Å²) in [6.07, 6.45) is 6.33. The summed E-state index contributed by atoms with van der Waals surface area (Å²) < 4.78 is 17.3. The van der Waals surface area contributed by atoms with E-state index >= 15 is 0 Å². The summed E-state index contributed by atoms with van der Waals surface area (Å²) in [6, 6.07) is 3.73. The second-order valence-corrected chi connectivity index (χ2v) is 8.58. The van der Waals surface area contributed by atoms with Gasteiger partial charge in [0.05, 0.1) is 15.6 Å². The van der Waals surface area contributed by atoms with E-state index in [1.54, 1.807) is 12.3 Å². The molecule has 1 atom stereocenters. The largest absolute Gasteiger partial charge is 0.384 e. The first-order chi connectivity index (χ1) is 13.2. The van der Waals surface area contributed by atoms with Crippen molar-refractivity contribution in [1.82, 2.24) is 15.6 Å². The van der Waals surface area contributed by atoms with E-state index < -0.39 is 0 Å². The van der Waals surface area contributed by atoms with Gasteiger partial charge in [0.25, 0.3) is 0 Å². The van der Waals surface area contributed by atoms with Gasteiger partial charge in [-0.15, -0.1) is 11.3 Å². The van der Waals surface area contributed by atoms with Crippen molar-refractivity contribution in [2.45, 2.75) is 36.6 Å². The van der Waals surface area contributed by atoms with E-state index in [1.807, 2.05) is 5.38 Å². The van der Waals surface area contributed by atoms with Gasteiger partial charge in [-0.1, -0.05) is 11.6 Å². The number of halogens is 2. The highest BCUT2D eigenvalue weighted by molar-refractivity contribution is 8.00. The van der Waals surface area contributed by atoms with Crippen molar-refractivity contribution in [2.24, 2.45) is 0 Å². The fourth-order valence-corrected chi connectivity index (χ4v) is 4.49. The molecule has 2 aromatic rings. The molecule has 5 nitrogen and oxygen atoms in total. The fraction of sp³-hybridized carbons (Fsp3) is 0.500. The summed E-state index contributed by atoms with van der Waals surface area (Å²) in [6.45, 7) is 3.96. The number of rotatable bonds is 11. The van der Waals surface area contributed by atoms with Gasteiger partial charge in [0.15, 0.2) is 5.13 Å². The smallest absolute Gasteiger partial charge is 0.192 e. The highest BCUT2D eigenvalue weighted by Gasteiger charge is 2.12. The summed E-state index contributed by atoms with van der Waals surface area (Å²) in [4.78, 5) is 4.55. The van der Waals surface area contributed by atoms with Gasteiger partial charge in [-0.2, -0.15) is 0 Å². The summed E-state index contributed by atoms with van der Waals surface area (Å²) in [5, 5.41) is 13.3. The number of hydrogen-bond donors (Lipinski definition) is 4. The minimum Gasteiger partial charge on any atom is -0.384 e. The van der Waals surface area contributed by atoms with Crippen LogP contribution in [0.1, 0.15) is 25.7 Å². The number of thiazole rings is 1. The fourth-order valence-electron chi connectivity index (χ4n) is 2.92. The Kier molecular flexibility index (Phi) is 8.47. The molecule has 1 fully saturated rings. The minimum absolute atomic E-state index is 0.304. The van der Waals surface area contributed by atoms with Crippen LogP contribution >= 0.6 is 34.9 Å². The summed E-state index contributed by atoms with van der Waals surface area (Å²) in [5.74, 6) is -0.304. The number of nitrogens with one attached hydrogen (secondary N) is 4. The molecule has 1 aliphatic heterocycles. The lowest BCUT2D eigenvalue weighted by Crippen LogP contribution is -2.34. The number of nitrogens with zero attached hydrogens (tertiary/aromatic N) is 1. The van der Waals surface area contributed by atoms with E-state index in [9.17, 15) is 4.39 Å². The number of aromatic nitrogens is 1. The zero-order valence-electron chi connectivity index (χ0n) is 15.1. The number of benzene rings is 1. The Bertz CT molecular complexity index is 695. The highest BCUT2D eigenvalue weighted by atomic mass is 35.5. The molecule has 148 valence electrons. The zero-order chi connectivity index (χ0) is 18.9. The average Bonchev–Trinajstić information content (AvgIpc) is 3.36. The van der Waals surface area contributed by atoms with E-state index in [4.69, 9.17) is 11.6 Å². The molecule has 0 amide bonds. The maximum Gasteiger partial charge on any atom is 0.192 e. The van der Waals surface area contributed by atoms with Crippen LogP contribution in [0, 0.1) is 5.82 Å². The lowest BCUT2D eigenvalue weighted by molar-refractivity contribution is 0.526. The molecule has 1 aliphatic rings. The Hall–Kier alpha value is -1.06. The topological polar surface area (TPSA) is 61.0 Å². The maximum absolute atomic E-state index is 14.3. The van der Waals surface area contributed by atoms with Crippen molar-refractivity contribution in [1.29, 1.82) is 0 Å². The van der Waals surface area contributed by atoms with Crippen LogP contribution < -0.4 is 20.7 Å². The van der Waals surface area contributed by atoms with E-state index in [-0.39, 0.29) is 5.82 Å². The SMILES string of the molecule is Fc1cc(NCCCCNCC2CCCN2)c(Cl)cc1SNc1nccs1. The molecule has 1 unspecified atom stereocenters. The second-order valence-electron chi connectivity index (χ2n) is 6.44. The van der Waals surface area contributed by atoms with Gasteiger partial charge < -0.3 is 20.7 Å². The maximum atomic E-state index is 14.3. The third-order valence-corrected chi connectivity index (χ3v) is 6.31. The first kappa shape index (κ1) is 20.7. The van der Waals surface area contributed by atoms with Gasteiger partial charge in [0, 0.05) is 30.7 Å². The third-order valence-electron chi connectivity index (χ3n) is 4.35. The van der Waals surface area contributed by atoms with Crippen LogP contribution in [0.2, 0.25) is 5.02 Å². The summed E-state index contributed by atoms with van der Waals surface area (Å²) >= 11 is 8.93. The lowest BCUT2D eigenvalue weighted by atomic mass is 10.2. The first-order valence-corrected chi connectivity index (χ1v) is 11.3. The van der Waals surface area contributed by atoms with Crippen LogP contribution in [-0.2, 0) is 0 Å². The molecule has 0 bridgehead atoms. The Labute approximate surface area is 173 Å². The van der Waals surface area contributed by atoms with Crippen LogP contribution in [-0.4, -0.2) is 37.2 Å². The predicted octanol–water partition coefficient (Wildman–Crippen LogP) is 4.59. The molecule has 1 aromatic heterocycles. The second kappa shape index (κ2) is 11.1. The first-order valence-electron chi connectivity index (χ1n) is 9.22. The van der Waals surface area contributed by atoms with Crippen molar-refractivity contribution in [3.8, 4) is 0 Å². The molecule has 3 rings (SSSR count). The molecule has 0 aliphatic carbocycles. The molecule has 4 N–H and O–H groups in total. The number of unbranched alkanes of at least 4 members (excludes halogenated alkanes) is 1. The van der Waals surface area contributed by atoms with Gasteiger partial charge in [-0.25, -0.2) is 9.37 Å². The molecule has 0 radical (unpaired) electrons. The Morgan fingerprint density at radius 1 is 1.33 bits per heavy atom. The summed E-state index contributed by atoms with van der Waals surface area (Å²) in [7, 11) is 0. The summed E-state index contributed by atoms with van der Waals surface area (Å²) in [5.41, 5.74) is 0.635. The predicted molar refractivity (Wildman–Crippen MR) is 115 cm³/mol. The van der Waals surface area contributed by atoms with E-state index in [2.05, 4.69) is 25.7 Å². The molecule has 2 heterocycles. The Morgan fingerprint density at radius 3 is 3.00 bits per heavy atom. The number of hydrogen-bond acceptors (Lipinski definition) is 7. The van der Waals surface area contributed by atoms with Crippen molar-refractivity contribution in [2.75, 3.05) is 36.2 Å². The van der Waals surface area contributed by atoms with Crippen LogP contribution in [0.15, 0.2) is 28.6 Å². The molecular formula is C18H25ClFN5S2. The standard InChI is InChI=1S/C18H25ClFN5S2/c19-14-10-17(27-25-18-24-8-9-26-18)15(20)11-16(14)23-6-2-1-5-21-12-13-4-3-7-22-13/h8-11,13,21-23H,1-7,12H2,(H,24,25). The molecule has 1 saturated heterocycles. The zero-order valence-corrected chi connectivity index (χ0v) is 17.5. The quantitative estimate of drug-likeness (QED) is 0.309. The number of anilines is 2. The van der Waals surface area contributed by atoms with Crippen LogP contribution in [0.4, 0.5) is 15.2 Å². The van der Waals surface area contributed by atoms with Crippen LogP contribution in [0.5, 0.6) is 0 Å². The van der Waals surface area contributed by atoms with Gasteiger partial charge >= 0.3 is 0 Å². The molecular weight excluding hydrogens is 405 g/mol. The average molecular weight is 430 g/mol. The monoisotopic (exact) mass is 429 g/mol.